The highest BCUT2D eigenvalue weighted by molar-refractivity contribution is 7.53. The van der Waals surface area contributed by atoms with Gasteiger partial charge in [-0.3, -0.25) is 13.9 Å². The zero-order valence-corrected chi connectivity index (χ0v) is 21.3. The molecule has 4 rings (SSSR count). The number of halogens is 1. The first-order valence-corrected chi connectivity index (χ1v) is 13.2. The van der Waals surface area contributed by atoms with Crippen LogP contribution in [0.15, 0.2) is 36.7 Å². The summed E-state index contributed by atoms with van der Waals surface area (Å²) in [5, 5.41) is 23.5. The number of hydrogen-bond acceptors (Lipinski definition) is 11. The van der Waals surface area contributed by atoms with E-state index in [0.29, 0.717) is 5.56 Å². The molecule has 0 unspecified atom stereocenters. The number of aliphatic hydroxyl groups excluding tert-OH is 2. The maximum atomic E-state index is 12.6. The molecule has 5 N–H and O–H groups in total. The quantitative estimate of drug-likeness (QED) is 0.134. The third kappa shape index (κ3) is 5.85. The van der Waals surface area contributed by atoms with Crippen molar-refractivity contribution in [1.29, 1.82) is 0 Å². The van der Waals surface area contributed by atoms with Crippen LogP contribution in [0.3, 0.4) is 0 Å². The molecule has 1 aromatic carbocycles. The largest absolute Gasteiger partial charge is 0.464 e. The van der Waals surface area contributed by atoms with Gasteiger partial charge in [0.1, 0.15) is 18.3 Å². The number of benzene rings is 1. The van der Waals surface area contributed by atoms with E-state index in [1.165, 1.54) is 17.8 Å². The van der Waals surface area contributed by atoms with Crippen LogP contribution in [0, 0.1) is 0 Å². The number of rotatable bonds is 9. The molecule has 1 amide bonds. The molecule has 1 aliphatic heterocycles. The van der Waals surface area contributed by atoms with Crippen molar-refractivity contribution in [3.05, 3.63) is 47.5 Å². The lowest BCUT2D eigenvalue weighted by Gasteiger charge is -2.20. The van der Waals surface area contributed by atoms with E-state index in [-0.39, 0.29) is 28.9 Å². The molecule has 2 aromatic heterocycles. The molecule has 1 saturated heterocycles. The predicted molar refractivity (Wildman–Crippen MR) is 129 cm³/mol. The molecular formula is C21H23ClN5O10P. The summed E-state index contributed by atoms with van der Waals surface area (Å²) >= 11 is 6.06. The van der Waals surface area contributed by atoms with Gasteiger partial charge in [-0.1, -0.05) is 18.2 Å². The Morgan fingerprint density at radius 3 is 2.58 bits per heavy atom. The summed E-state index contributed by atoms with van der Waals surface area (Å²) in [6, 6.07) is 8.32. The molecule has 204 valence electrons. The Morgan fingerprint density at radius 1 is 1.21 bits per heavy atom. The highest BCUT2D eigenvalue weighted by Gasteiger charge is 2.46. The van der Waals surface area contributed by atoms with E-state index in [2.05, 4.69) is 25.0 Å². The lowest BCUT2D eigenvalue weighted by Crippen LogP contribution is -2.36. The third-order valence-electron chi connectivity index (χ3n) is 5.49. The minimum absolute atomic E-state index is 0.0144. The first-order valence-electron chi connectivity index (χ1n) is 11.1. The van der Waals surface area contributed by atoms with Gasteiger partial charge in [0, 0.05) is 5.56 Å². The normalized spacial score (nSPS) is 22.4. The number of nitrogens with one attached hydrogen (secondary N) is 1. The van der Waals surface area contributed by atoms with Crippen molar-refractivity contribution >= 4 is 48.1 Å². The molecule has 0 saturated carbocycles. The molecule has 3 aromatic rings. The second-order valence-corrected chi connectivity index (χ2v) is 10.0. The number of carbonyl (C=O) groups is 2. The van der Waals surface area contributed by atoms with Crippen molar-refractivity contribution in [2.45, 2.75) is 37.3 Å². The van der Waals surface area contributed by atoms with Crippen molar-refractivity contribution in [3.8, 4) is 0 Å². The summed E-state index contributed by atoms with van der Waals surface area (Å²) in [7, 11) is -5.07. The monoisotopic (exact) mass is 571 g/mol. The molecule has 0 radical (unpaired) electrons. The second kappa shape index (κ2) is 11.4. The average Bonchev–Trinajstić information content (AvgIpc) is 3.40. The number of esters is 1. The smallest absolute Gasteiger partial charge is 0.365 e. The molecule has 5 atom stereocenters. The molecule has 0 spiro atoms. The van der Waals surface area contributed by atoms with Crippen LogP contribution in [-0.2, 0) is 23.6 Å². The number of ether oxygens (including phenoxy) is 3. The van der Waals surface area contributed by atoms with Gasteiger partial charge in [0.25, 0.3) is 11.8 Å². The number of carbonyl (C=O) groups excluding carboxylic acids is 2. The van der Waals surface area contributed by atoms with Gasteiger partial charge < -0.3 is 39.5 Å². The molecule has 0 aliphatic carbocycles. The van der Waals surface area contributed by atoms with Gasteiger partial charge in [-0.2, -0.15) is 9.97 Å². The second-order valence-electron chi connectivity index (χ2n) is 8.06. The standard InChI is InChI=1S/C21H23ClN5O10P/c1-2-35-19(31)20(38(32,33)34)36-8-11-13(28)14(29)18(37-11)27-9-23-12-15(25-21(22)26-16(12)27)24-17(30)10-6-4-3-5-7-10/h3-7,9,11,13-14,18,20,28-29H,2,8H2,1H3,(H2,32,33,34)(H,24,25,26,30)/t11-,13+,14-,18-,20-/m1/s1. The number of anilines is 1. The summed E-state index contributed by atoms with van der Waals surface area (Å²) in [6.07, 6.45) is -4.57. The van der Waals surface area contributed by atoms with Gasteiger partial charge in [-0.15, -0.1) is 0 Å². The van der Waals surface area contributed by atoms with Gasteiger partial charge in [-0.05, 0) is 30.7 Å². The minimum Gasteiger partial charge on any atom is -0.464 e. The van der Waals surface area contributed by atoms with E-state index in [1.807, 2.05) is 0 Å². The fraction of sp³-hybridized carbons (Fsp3) is 0.381. The molecular weight excluding hydrogens is 549 g/mol. The van der Waals surface area contributed by atoms with Gasteiger partial charge in [-0.25, -0.2) is 9.78 Å². The van der Waals surface area contributed by atoms with Crippen LogP contribution in [0.2, 0.25) is 5.28 Å². The number of hydrogen-bond donors (Lipinski definition) is 5. The first-order chi connectivity index (χ1) is 18.0. The van der Waals surface area contributed by atoms with E-state index in [0.717, 1.165) is 0 Å². The van der Waals surface area contributed by atoms with Gasteiger partial charge in [0.15, 0.2) is 23.2 Å². The lowest BCUT2D eigenvalue weighted by molar-refractivity contribution is -0.155. The van der Waals surface area contributed by atoms with E-state index in [4.69, 9.17) is 21.1 Å². The molecule has 15 nitrogen and oxygen atoms in total. The summed E-state index contributed by atoms with van der Waals surface area (Å²) in [4.78, 5) is 55.7. The fourth-order valence-corrected chi connectivity index (χ4v) is 4.53. The highest BCUT2D eigenvalue weighted by atomic mass is 35.5. The van der Waals surface area contributed by atoms with Gasteiger partial charge in [0.2, 0.25) is 5.28 Å². The molecule has 17 heteroatoms. The number of aromatic nitrogens is 4. The van der Waals surface area contributed by atoms with Gasteiger partial charge in [0.05, 0.1) is 19.5 Å². The van der Waals surface area contributed by atoms with Crippen LogP contribution >= 0.6 is 19.2 Å². The predicted octanol–water partition coefficient (Wildman–Crippen LogP) is 0.435. The Balaban J connectivity index is 1.55. The van der Waals surface area contributed by atoms with Crippen LogP contribution in [0.5, 0.6) is 0 Å². The maximum Gasteiger partial charge on any atom is 0.365 e. The van der Waals surface area contributed by atoms with Crippen LogP contribution in [0.25, 0.3) is 11.2 Å². The number of imidazole rings is 1. The van der Waals surface area contributed by atoms with Crippen LogP contribution < -0.4 is 5.32 Å². The van der Waals surface area contributed by atoms with Crippen molar-refractivity contribution in [2.24, 2.45) is 0 Å². The molecule has 3 heterocycles. The van der Waals surface area contributed by atoms with Crippen molar-refractivity contribution < 1.29 is 48.4 Å². The third-order valence-corrected chi connectivity index (χ3v) is 6.63. The van der Waals surface area contributed by atoms with Crippen LogP contribution in [-0.4, -0.2) is 88.8 Å². The van der Waals surface area contributed by atoms with E-state index in [9.17, 15) is 34.2 Å². The Hall–Kier alpha value is -3.01. The molecule has 0 bridgehead atoms. The number of fused-ring (bicyclic) bond motifs is 1. The fourth-order valence-electron chi connectivity index (χ4n) is 3.73. The Kier molecular flexibility index (Phi) is 8.40. The SMILES string of the molecule is CCOC(=O)[C@H](OC[C@H]1O[C@@H](n2cnc3c(NC(=O)c4ccccc4)nc(Cl)nc32)[C@H](O)[C@H]1O)P(=O)(O)O. The van der Waals surface area contributed by atoms with Crippen LogP contribution in [0.1, 0.15) is 23.5 Å². The summed E-state index contributed by atoms with van der Waals surface area (Å²) in [6.45, 7) is 0.626. The van der Waals surface area contributed by atoms with E-state index in [1.54, 1.807) is 30.3 Å². The van der Waals surface area contributed by atoms with Crippen molar-refractivity contribution in [2.75, 3.05) is 18.5 Å². The molecule has 1 aliphatic rings. The Labute approximate surface area is 219 Å². The summed E-state index contributed by atoms with van der Waals surface area (Å²) in [5.74, 6) is -4.03. The topological polar surface area (TPSA) is 215 Å². The Bertz CT molecular complexity index is 1370. The summed E-state index contributed by atoms with van der Waals surface area (Å²) in [5.41, 5.74) is 0.505. The number of aliphatic hydroxyl groups is 2. The first kappa shape index (κ1) is 28.0. The highest BCUT2D eigenvalue weighted by Crippen LogP contribution is 2.43. The number of amides is 1. The summed E-state index contributed by atoms with van der Waals surface area (Å²) < 4.78 is 28.3. The number of nitrogens with zero attached hydrogens (tertiary/aromatic N) is 4. The maximum absolute atomic E-state index is 12.6. The minimum atomic E-state index is -5.07. The van der Waals surface area contributed by atoms with E-state index >= 15 is 0 Å². The van der Waals surface area contributed by atoms with E-state index < -0.39 is 56.5 Å². The van der Waals surface area contributed by atoms with Gasteiger partial charge >= 0.3 is 13.6 Å². The van der Waals surface area contributed by atoms with Crippen molar-refractivity contribution in [1.82, 2.24) is 19.5 Å². The molecule has 38 heavy (non-hydrogen) atoms. The molecule has 1 fully saturated rings. The Morgan fingerprint density at radius 2 is 1.92 bits per heavy atom. The zero-order chi connectivity index (χ0) is 27.6. The zero-order valence-electron chi connectivity index (χ0n) is 19.6. The van der Waals surface area contributed by atoms with Crippen molar-refractivity contribution in [3.63, 3.8) is 0 Å². The van der Waals surface area contributed by atoms with Crippen LogP contribution in [0.4, 0.5) is 5.82 Å². The average molecular weight is 572 g/mol. The lowest BCUT2D eigenvalue weighted by atomic mass is 10.1.